The lowest BCUT2D eigenvalue weighted by Gasteiger charge is -2.22. The summed E-state index contributed by atoms with van der Waals surface area (Å²) >= 11 is 12.2. The van der Waals surface area contributed by atoms with E-state index in [1.54, 1.807) is 18.2 Å². The number of amides is 1. The molecule has 0 aromatic heterocycles. The predicted octanol–water partition coefficient (Wildman–Crippen LogP) is 4.63. The third-order valence-corrected chi connectivity index (χ3v) is 7.04. The molecule has 1 aliphatic carbocycles. The van der Waals surface area contributed by atoms with E-state index in [2.05, 4.69) is 10.0 Å². The summed E-state index contributed by atoms with van der Waals surface area (Å²) in [6.45, 7) is -0.310. The minimum absolute atomic E-state index is 0.0522. The molecule has 10 heteroatoms. The number of sulfonamides is 1. The molecule has 3 rings (SSSR count). The molecule has 2 aromatic rings. The Morgan fingerprint density at radius 3 is 2.35 bits per heavy atom. The van der Waals surface area contributed by atoms with Gasteiger partial charge in [0.15, 0.2) is 6.61 Å². The third-order valence-electron chi connectivity index (χ3n) is 4.93. The van der Waals surface area contributed by atoms with Crippen molar-refractivity contribution in [2.75, 3.05) is 19.0 Å². The van der Waals surface area contributed by atoms with Crippen LogP contribution in [-0.4, -0.2) is 34.1 Å². The highest BCUT2D eigenvalue weighted by Gasteiger charge is 2.22. The summed E-state index contributed by atoms with van der Waals surface area (Å²) in [4.78, 5) is 12.2. The van der Waals surface area contributed by atoms with E-state index in [-0.39, 0.29) is 28.3 Å². The Labute approximate surface area is 192 Å². The van der Waals surface area contributed by atoms with Gasteiger partial charge in [0.05, 0.1) is 22.1 Å². The van der Waals surface area contributed by atoms with Crippen LogP contribution in [0.1, 0.15) is 32.1 Å². The molecule has 0 saturated heterocycles. The maximum absolute atomic E-state index is 12.6. The van der Waals surface area contributed by atoms with Crippen molar-refractivity contribution in [2.45, 2.75) is 43.0 Å². The van der Waals surface area contributed by atoms with E-state index in [9.17, 15) is 13.2 Å². The molecule has 1 amide bonds. The maximum Gasteiger partial charge on any atom is 0.262 e. The Morgan fingerprint density at radius 2 is 1.71 bits per heavy atom. The monoisotopic (exact) mass is 486 g/mol. The van der Waals surface area contributed by atoms with Crippen LogP contribution < -0.4 is 19.5 Å². The van der Waals surface area contributed by atoms with Crippen molar-refractivity contribution >= 4 is 44.8 Å². The normalized spacial score (nSPS) is 14.8. The topological polar surface area (TPSA) is 93.7 Å². The van der Waals surface area contributed by atoms with Crippen molar-refractivity contribution in [2.24, 2.45) is 0 Å². The molecule has 2 aromatic carbocycles. The largest absolute Gasteiger partial charge is 0.495 e. The Balaban J connectivity index is 1.58. The van der Waals surface area contributed by atoms with Crippen molar-refractivity contribution < 1.29 is 22.7 Å². The van der Waals surface area contributed by atoms with Crippen LogP contribution in [0.5, 0.6) is 11.5 Å². The Morgan fingerprint density at radius 1 is 1.03 bits per heavy atom. The van der Waals surface area contributed by atoms with Crippen LogP contribution >= 0.6 is 23.2 Å². The molecule has 0 bridgehead atoms. The molecule has 31 heavy (non-hydrogen) atoms. The summed E-state index contributed by atoms with van der Waals surface area (Å²) in [6, 6.07) is 8.96. The predicted molar refractivity (Wildman–Crippen MR) is 121 cm³/mol. The zero-order valence-electron chi connectivity index (χ0n) is 17.0. The van der Waals surface area contributed by atoms with E-state index in [0.717, 1.165) is 32.1 Å². The summed E-state index contributed by atoms with van der Waals surface area (Å²) in [5, 5.41) is 3.12. The van der Waals surface area contributed by atoms with Crippen molar-refractivity contribution in [1.82, 2.24) is 4.72 Å². The van der Waals surface area contributed by atoms with Gasteiger partial charge < -0.3 is 14.8 Å². The number of halogens is 2. The Hall–Kier alpha value is -2.00. The summed E-state index contributed by atoms with van der Waals surface area (Å²) in [7, 11) is -2.17. The van der Waals surface area contributed by atoms with Gasteiger partial charge in [-0.15, -0.1) is 0 Å². The van der Waals surface area contributed by atoms with E-state index < -0.39 is 15.9 Å². The van der Waals surface area contributed by atoms with Gasteiger partial charge in [-0.05, 0) is 49.2 Å². The number of ether oxygens (including phenoxy) is 2. The number of hydrogen-bond acceptors (Lipinski definition) is 5. The lowest BCUT2D eigenvalue weighted by Crippen LogP contribution is -2.36. The van der Waals surface area contributed by atoms with E-state index in [0.29, 0.717) is 16.5 Å². The highest BCUT2D eigenvalue weighted by molar-refractivity contribution is 7.89. The fraction of sp³-hybridized carbons (Fsp3) is 0.381. The number of nitrogens with one attached hydrogen (secondary N) is 2. The van der Waals surface area contributed by atoms with Gasteiger partial charge >= 0.3 is 0 Å². The molecule has 0 aliphatic heterocycles. The van der Waals surface area contributed by atoms with Gasteiger partial charge in [0.1, 0.15) is 11.5 Å². The van der Waals surface area contributed by atoms with E-state index in [1.807, 2.05) is 0 Å². The highest BCUT2D eigenvalue weighted by atomic mass is 35.5. The summed E-state index contributed by atoms with van der Waals surface area (Å²) in [5.41, 5.74) is 0.487. The first-order valence-corrected chi connectivity index (χ1v) is 12.1. The van der Waals surface area contributed by atoms with Crippen LogP contribution in [0.4, 0.5) is 5.69 Å². The van der Waals surface area contributed by atoms with Gasteiger partial charge in [0, 0.05) is 11.7 Å². The quantitative estimate of drug-likeness (QED) is 0.567. The van der Waals surface area contributed by atoms with Gasteiger partial charge in [0.2, 0.25) is 10.0 Å². The van der Waals surface area contributed by atoms with Gasteiger partial charge in [-0.1, -0.05) is 42.5 Å². The molecule has 2 N–H and O–H groups in total. The average Bonchev–Trinajstić information content (AvgIpc) is 2.73. The van der Waals surface area contributed by atoms with Crippen molar-refractivity contribution in [3.8, 4) is 11.5 Å². The first-order valence-electron chi connectivity index (χ1n) is 9.86. The molecule has 0 heterocycles. The second-order valence-corrected chi connectivity index (χ2v) is 9.76. The molecule has 0 atom stereocenters. The van der Waals surface area contributed by atoms with Crippen molar-refractivity contribution in [3.63, 3.8) is 0 Å². The Kier molecular flexibility index (Phi) is 8.05. The van der Waals surface area contributed by atoms with Crippen LogP contribution in [0.2, 0.25) is 10.0 Å². The highest BCUT2D eigenvalue weighted by Crippen LogP contribution is 2.29. The fourth-order valence-electron chi connectivity index (χ4n) is 3.36. The molecule has 1 aliphatic rings. The second kappa shape index (κ2) is 10.5. The summed E-state index contributed by atoms with van der Waals surface area (Å²) < 4.78 is 38.5. The zero-order valence-corrected chi connectivity index (χ0v) is 19.3. The van der Waals surface area contributed by atoms with Gasteiger partial charge in [-0.3, -0.25) is 4.79 Å². The lowest BCUT2D eigenvalue weighted by molar-refractivity contribution is -0.118. The molecule has 0 spiro atoms. The van der Waals surface area contributed by atoms with Gasteiger partial charge in [-0.25, -0.2) is 13.1 Å². The first kappa shape index (κ1) is 23.7. The molecule has 7 nitrogen and oxygen atoms in total. The standard InChI is InChI=1S/C21H24Cl2N2O5S/c1-29-19-9-7-15(11-17(19)22)24-21(26)13-30-20-10-8-16(12-18(20)23)31(27,28)25-14-5-3-2-4-6-14/h7-12,14,25H,2-6,13H2,1H3,(H,24,26). The molecular weight excluding hydrogens is 463 g/mol. The van der Waals surface area contributed by atoms with Crippen LogP contribution in [-0.2, 0) is 14.8 Å². The van der Waals surface area contributed by atoms with Crippen LogP contribution in [0.25, 0.3) is 0 Å². The van der Waals surface area contributed by atoms with Gasteiger partial charge in [0.25, 0.3) is 5.91 Å². The SMILES string of the molecule is COc1ccc(NC(=O)COc2ccc(S(=O)(=O)NC3CCCCC3)cc2Cl)cc1Cl. The van der Waals surface area contributed by atoms with Crippen LogP contribution in [0, 0.1) is 0 Å². The second-order valence-electron chi connectivity index (χ2n) is 7.23. The first-order chi connectivity index (χ1) is 14.8. The minimum Gasteiger partial charge on any atom is -0.495 e. The lowest BCUT2D eigenvalue weighted by atomic mass is 9.96. The number of hydrogen-bond donors (Lipinski definition) is 2. The van der Waals surface area contributed by atoms with E-state index in [1.165, 1.54) is 25.3 Å². The van der Waals surface area contributed by atoms with E-state index >= 15 is 0 Å². The Bertz CT molecular complexity index is 1040. The molecule has 1 fully saturated rings. The van der Waals surface area contributed by atoms with E-state index in [4.69, 9.17) is 32.7 Å². The molecule has 168 valence electrons. The van der Waals surface area contributed by atoms with Gasteiger partial charge in [-0.2, -0.15) is 0 Å². The average molecular weight is 487 g/mol. The van der Waals surface area contributed by atoms with Crippen LogP contribution in [0.15, 0.2) is 41.3 Å². The number of carbonyl (C=O) groups is 1. The van der Waals surface area contributed by atoms with Crippen LogP contribution in [0.3, 0.4) is 0 Å². The minimum atomic E-state index is -3.67. The number of anilines is 1. The molecule has 0 radical (unpaired) electrons. The summed E-state index contributed by atoms with van der Waals surface area (Å²) in [5.74, 6) is 0.282. The number of carbonyl (C=O) groups excluding carboxylic acids is 1. The fourth-order valence-corrected chi connectivity index (χ4v) is 5.25. The number of methoxy groups -OCH3 is 1. The summed E-state index contributed by atoms with van der Waals surface area (Å²) in [6.07, 6.45) is 4.84. The van der Waals surface area contributed by atoms with Crippen molar-refractivity contribution in [1.29, 1.82) is 0 Å². The maximum atomic E-state index is 12.6. The molecular formula is C21H24Cl2N2O5S. The van der Waals surface area contributed by atoms with Crippen molar-refractivity contribution in [3.05, 3.63) is 46.4 Å². The number of rotatable bonds is 8. The molecule has 1 saturated carbocycles. The zero-order chi connectivity index (χ0) is 22.4. The third kappa shape index (κ3) is 6.49. The smallest absolute Gasteiger partial charge is 0.262 e. The molecule has 0 unspecified atom stereocenters. The number of benzene rings is 2.